The van der Waals surface area contributed by atoms with Gasteiger partial charge >= 0.3 is 0 Å². The molecular weight excluding hydrogens is 359 g/mol. The third kappa shape index (κ3) is 3.96. The Hall–Kier alpha value is -2.63. The van der Waals surface area contributed by atoms with Crippen molar-refractivity contribution < 1.29 is 13.9 Å². The van der Waals surface area contributed by atoms with E-state index in [4.69, 9.17) is 4.74 Å². The van der Waals surface area contributed by atoms with Crippen LogP contribution in [0.4, 0.5) is 4.39 Å². The van der Waals surface area contributed by atoms with Gasteiger partial charge in [0.15, 0.2) is 0 Å². The maximum atomic E-state index is 13.3. The van der Waals surface area contributed by atoms with E-state index in [2.05, 4.69) is 0 Å². The Morgan fingerprint density at radius 3 is 2.57 bits per heavy atom. The van der Waals surface area contributed by atoms with Crippen LogP contribution in [0.2, 0.25) is 0 Å². The zero-order valence-electron chi connectivity index (χ0n) is 16.3. The van der Waals surface area contributed by atoms with Gasteiger partial charge in [-0.2, -0.15) is 0 Å². The van der Waals surface area contributed by atoms with Crippen LogP contribution >= 0.6 is 0 Å². The Kier molecular flexibility index (Phi) is 4.96. The number of amides is 1. The van der Waals surface area contributed by atoms with E-state index >= 15 is 0 Å². The molecule has 0 unspecified atom stereocenters. The molecule has 2 fully saturated rings. The van der Waals surface area contributed by atoms with Crippen molar-refractivity contribution in [2.45, 2.75) is 51.7 Å². The van der Waals surface area contributed by atoms with Crippen LogP contribution in [0.1, 0.15) is 42.1 Å². The number of carbonyl (C=O) groups excluding carboxylic acids is 1. The number of hydrogen-bond donors (Lipinski definition) is 0. The highest BCUT2D eigenvalue weighted by Gasteiger charge is 2.32. The number of halogens is 1. The molecule has 0 radical (unpaired) electrons. The highest BCUT2D eigenvalue weighted by atomic mass is 19.1. The van der Waals surface area contributed by atoms with Crippen molar-refractivity contribution in [3.8, 4) is 5.75 Å². The summed E-state index contributed by atoms with van der Waals surface area (Å²) in [4.78, 5) is 26.4. The summed E-state index contributed by atoms with van der Waals surface area (Å²) in [6.45, 7) is 4.72. The van der Waals surface area contributed by atoms with Crippen LogP contribution in [0.5, 0.6) is 5.75 Å². The summed E-state index contributed by atoms with van der Waals surface area (Å²) in [5.41, 5.74) is 2.47. The molecule has 4 rings (SSSR count). The Labute approximate surface area is 163 Å². The molecular formula is C22H25FN2O3. The zero-order valence-corrected chi connectivity index (χ0v) is 16.3. The first-order chi connectivity index (χ1) is 13.4. The van der Waals surface area contributed by atoms with Crippen molar-refractivity contribution in [2.75, 3.05) is 13.1 Å². The smallest absolute Gasteiger partial charge is 0.254 e. The van der Waals surface area contributed by atoms with E-state index in [0.717, 1.165) is 24.1 Å². The van der Waals surface area contributed by atoms with Crippen LogP contribution < -0.4 is 10.3 Å². The van der Waals surface area contributed by atoms with Gasteiger partial charge in [0.05, 0.1) is 13.1 Å². The molecule has 0 atom stereocenters. The minimum Gasteiger partial charge on any atom is -0.486 e. The number of ether oxygens (including phenoxy) is 1. The lowest BCUT2D eigenvalue weighted by Crippen LogP contribution is -2.56. The fourth-order valence-electron chi connectivity index (χ4n) is 3.73. The SMILES string of the molecule is Cc1cc(CCC(=O)N2CC(Oc3cc(C)n(C4CC4)c(=O)c3)C2)ccc1F. The predicted octanol–water partition coefficient (Wildman–Crippen LogP) is 3.16. The minimum absolute atomic E-state index is 0.0145. The molecule has 2 aliphatic rings. The normalized spacial score (nSPS) is 16.8. The standard InChI is InChI=1S/C22H25FN2O3/c1-14-9-16(3-7-20(14)23)4-8-21(26)24-12-19(13-24)28-18-10-15(2)25(17-5-6-17)22(27)11-18/h3,7,9-11,17,19H,4-6,8,12-13H2,1-2H3. The lowest BCUT2D eigenvalue weighted by atomic mass is 10.0. The molecule has 1 amide bonds. The number of hydrogen-bond acceptors (Lipinski definition) is 3. The van der Waals surface area contributed by atoms with E-state index in [9.17, 15) is 14.0 Å². The maximum Gasteiger partial charge on any atom is 0.254 e. The molecule has 1 aromatic carbocycles. The summed E-state index contributed by atoms with van der Waals surface area (Å²) in [7, 11) is 0. The van der Waals surface area contributed by atoms with Crippen molar-refractivity contribution >= 4 is 5.91 Å². The minimum atomic E-state index is -0.224. The second-order valence-electron chi connectivity index (χ2n) is 7.89. The highest BCUT2D eigenvalue weighted by Crippen LogP contribution is 2.35. The largest absolute Gasteiger partial charge is 0.486 e. The van der Waals surface area contributed by atoms with Crippen LogP contribution in [-0.2, 0) is 11.2 Å². The first-order valence-electron chi connectivity index (χ1n) is 9.83. The molecule has 0 bridgehead atoms. The third-order valence-corrected chi connectivity index (χ3v) is 5.50. The van der Waals surface area contributed by atoms with Crippen molar-refractivity contribution in [1.29, 1.82) is 0 Å². The van der Waals surface area contributed by atoms with E-state index < -0.39 is 0 Å². The van der Waals surface area contributed by atoms with Gasteiger partial charge in [0.25, 0.3) is 5.56 Å². The molecule has 1 saturated carbocycles. The van der Waals surface area contributed by atoms with Crippen LogP contribution in [0, 0.1) is 19.7 Å². The second kappa shape index (κ2) is 7.41. The molecule has 1 aliphatic heterocycles. The van der Waals surface area contributed by atoms with Crippen LogP contribution in [0.15, 0.2) is 35.1 Å². The highest BCUT2D eigenvalue weighted by molar-refractivity contribution is 5.77. The van der Waals surface area contributed by atoms with Gasteiger partial charge in [-0.25, -0.2) is 4.39 Å². The fraction of sp³-hybridized carbons (Fsp3) is 0.455. The molecule has 148 valence electrons. The van der Waals surface area contributed by atoms with Gasteiger partial charge in [-0.05, 0) is 56.4 Å². The van der Waals surface area contributed by atoms with Gasteiger partial charge in [0.1, 0.15) is 17.7 Å². The number of benzene rings is 1. The molecule has 1 aromatic heterocycles. The van der Waals surface area contributed by atoms with Crippen molar-refractivity contribution in [3.05, 3.63) is 63.3 Å². The Bertz CT molecular complexity index is 959. The summed E-state index contributed by atoms with van der Waals surface area (Å²) in [6, 6.07) is 8.76. The number of aromatic nitrogens is 1. The molecule has 2 heterocycles. The Morgan fingerprint density at radius 1 is 1.18 bits per heavy atom. The number of rotatable bonds is 6. The number of aryl methyl sites for hydroxylation is 3. The average Bonchev–Trinajstić information content (AvgIpc) is 3.43. The number of nitrogens with zero attached hydrogens (tertiary/aromatic N) is 2. The van der Waals surface area contributed by atoms with Crippen molar-refractivity contribution in [1.82, 2.24) is 9.47 Å². The Balaban J connectivity index is 1.27. The lowest BCUT2D eigenvalue weighted by molar-refractivity contribution is -0.139. The topological polar surface area (TPSA) is 51.5 Å². The fourth-order valence-corrected chi connectivity index (χ4v) is 3.73. The maximum absolute atomic E-state index is 13.3. The van der Waals surface area contributed by atoms with E-state index in [0.29, 0.717) is 43.3 Å². The summed E-state index contributed by atoms with van der Waals surface area (Å²) in [6.07, 6.45) is 3.05. The lowest BCUT2D eigenvalue weighted by Gasteiger charge is -2.39. The van der Waals surface area contributed by atoms with Crippen LogP contribution in [0.3, 0.4) is 0 Å². The predicted molar refractivity (Wildman–Crippen MR) is 104 cm³/mol. The Morgan fingerprint density at radius 2 is 1.93 bits per heavy atom. The van der Waals surface area contributed by atoms with E-state index in [1.807, 2.05) is 17.6 Å². The molecule has 5 nitrogen and oxygen atoms in total. The number of pyridine rings is 1. The molecule has 0 spiro atoms. The molecule has 6 heteroatoms. The van der Waals surface area contributed by atoms with E-state index in [1.165, 1.54) is 6.07 Å². The molecule has 1 saturated heterocycles. The summed E-state index contributed by atoms with van der Waals surface area (Å²) >= 11 is 0. The summed E-state index contributed by atoms with van der Waals surface area (Å²) in [5, 5.41) is 0. The third-order valence-electron chi connectivity index (χ3n) is 5.50. The summed E-state index contributed by atoms with van der Waals surface area (Å²) < 4.78 is 21.0. The second-order valence-corrected chi connectivity index (χ2v) is 7.89. The van der Waals surface area contributed by atoms with Gasteiger partial charge < -0.3 is 14.2 Å². The van der Waals surface area contributed by atoms with Gasteiger partial charge in [-0.1, -0.05) is 12.1 Å². The van der Waals surface area contributed by atoms with E-state index in [1.54, 1.807) is 30.0 Å². The monoisotopic (exact) mass is 384 g/mol. The molecule has 0 N–H and O–H groups in total. The van der Waals surface area contributed by atoms with Crippen molar-refractivity contribution in [3.63, 3.8) is 0 Å². The van der Waals surface area contributed by atoms with Gasteiger partial charge in [0, 0.05) is 24.2 Å². The van der Waals surface area contributed by atoms with Crippen LogP contribution in [0.25, 0.3) is 0 Å². The first-order valence-corrected chi connectivity index (χ1v) is 9.83. The molecule has 2 aromatic rings. The first kappa shape index (κ1) is 18.7. The molecule has 28 heavy (non-hydrogen) atoms. The zero-order chi connectivity index (χ0) is 19.8. The van der Waals surface area contributed by atoms with Crippen LogP contribution in [-0.4, -0.2) is 34.6 Å². The number of likely N-dealkylation sites (tertiary alicyclic amines) is 1. The van der Waals surface area contributed by atoms with E-state index in [-0.39, 0.29) is 23.4 Å². The summed E-state index contributed by atoms with van der Waals surface area (Å²) in [5.74, 6) is 0.429. The van der Waals surface area contributed by atoms with Crippen molar-refractivity contribution in [2.24, 2.45) is 0 Å². The number of carbonyl (C=O) groups is 1. The quantitative estimate of drug-likeness (QED) is 0.769. The van der Waals surface area contributed by atoms with Gasteiger partial charge in [0.2, 0.25) is 5.91 Å². The van der Waals surface area contributed by atoms with Gasteiger partial charge in [-0.3, -0.25) is 9.59 Å². The molecule has 1 aliphatic carbocycles. The van der Waals surface area contributed by atoms with Gasteiger partial charge in [-0.15, -0.1) is 0 Å². The average molecular weight is 384 g/mol.